The average molecular weight is 487 g/mol. The molecule has 0 spiro atoms. The highest BCUT2D eigenvalue weighted by Gasteiger charge is 2.21. The highest BCUT2D eigenvalue weighted by atomic mass is 32.2. The Morgan fingerprint density at radius 3 is 2.56 bits per heavy atom. The predicted molar refractivity (Wildman–Crippen MR) is 131 cm³/mol. The highest BCUT2D eigenvalue weighted by molar-refractivity contribution is 7.99. The normalized spacial score (nSPS) is 13.8. The molecule has 1 N–H and O–H groups in total. The Morgan fingerprint density at radius 1 is 1.09 bits per heavy atom. The minimum Gasteiger partial charge on any atom is -0.492 e. The van der Waals surface area contributed by atoms with Crippen LogP contribution in [0.5, 0.6) is 11.5 Å². The van der Waals surface area contributed by atoms with Crippen molar-refractivity contribution in [3.63, 3.8) is 0 Å². The second-order valence-electron chi connectivity index (χ2n) is 7.76. The van der Waals surface area contributed by atoms with Crippen molar-refractivity contribution in [3.05, 3.63) is 29.6 Å². The van der Waals surface area contributed by atoms with Crippen molar-refractivity contribution in [2.75, 3.05) is 55.5 Å². The van der Waals surface area contributed by atoms with Crippen LogP contribution in [0.1, 0.15) is 25.2 Å². The van der Waals surface area contributed by atoms with Crippen LogP contribution in [0.2, 0.25) is 0 Å². The summed E-state index contributed by atoms with van der Waals surface area (Å²) < 4.78 is 18.9. The molecule has 34 heavy (non-hydrogen) atoms. The largest absolute Gasteiger partial charge is 0.492 e. The van der Waals surface area contributed by atoms with Crippen molar-refractivity contribution in [1.82, 2.24) is 19.6 Å². The van der Waals surface area contributed by atoms with Crippen LogP contribution in [0.4, 0.5) is 11.4 Å². The van der Waals surface area contributed by atoms with Crippen LogP contribution in [0.25, 0.3) is 5.78 Å². The molecule has 3 aromatic rings. The van der Waals surface area contributed by atoms with Crippen LogP contribution in [0, 0.1) is 13.8 Å². The molecule has 0 aliphatic carbocycles. The van der Waals surface area contributed by atoms with Crippen molar-refractivity contribution in [3.8, 4) is 11.5 Å². The summed E-state index contributed by atoms with van der Waals surface area (Å²) in [6.45, 7) is 11.6. The second-order valence-corrected chi connectivity index (χ2v) is 8.71. The number of carbonyl (C=O) groups is 1. The third-order valence-corrected chi connectivity index (χ3v) is 6.06. The first-order valence-electron chi connectivity index (χ1n) is 11.4. The van der Waals surface area contributed by atoms with Crippen LogP contribution in [-0.4, -0.2) is 70.8 Å². The maximum atomic E-state index is 12.8. The zero-order chi connectivity index (χ0) is 24.1. The van der Waals surface area contributed by atoms with Gasteiger partial charge < -0.3 is 24.4 Å². The Balaban J connectivity index is 1.50. The van der Waals surface area contributed by atoms with E-state index < -0.39 is 0 Å². The number of rotatable bonds is 9. The molecule has 0 atom stereocenters. The summed E-state index contributed by atoms with van der Waals surface area (Å²) in [7, 11) is 0. The number of aryl methyl sites for hydroxylation is 2. The molecule has 2 aromatic heterocycles. The molecule has 11 heteroatoms. The smallest absolute Gasteiger partial charge is 0.253 e. The van der Waals surface area contributed by atoms with Gasteiger partial charge in [0.2, 0.25) is 11.1 Å². The standard InChI is InChI=1S/C23H30N6O4S/c1-5-32-19-13-18(28-7-9-31-10-8-28)20(33-6-2)12-17(19)25-21(30)14-34-23-26-22-24-15(3)11-16(4)29(22)27-23/h11-13H,5-10,14H2,1-4H3,(H,25,30). The number of thioether (sulfide) groups is 1. The van der Waals surface area contributed by atoms with Gasteiger partial charge in [0.05, 0.1) is 43.6 Å². The van der Waals surface area contributed by atoms with Gasteiger partial charge in [-0.2, -0.15) is 4.98 Å². The van der Waals surface area contributed by atoms with Gasteiger partial charge in [0, 0.05) is 36.6 Å². The molecule has 4 rings (SSSR count). The number of morpholine rings is 1. The number of nitrogens with one attached hydrogen (secondary N) is 1. The molecule has 3 heterocycles. The Bertz CT molecular complexity index is 1160. The molecule has 182 valence electrons. The van der Waals surface area contributed by atoms with E-state index in [1.54, 1.807) is 4.52 Å². The molecule has 0 saturated carbocycles. The lowest BCUT2D eigenvalue weighted by molar-refractivity contribution is -0.113. The van der Waals surface area contributed by atoms with E-state index in [0.29, 0.717) is 54.5 Å². The number of fused-ring (bicyclic) bond motifs is 1. The Morgan fingerprint density at radius 2 is 1.82 bits per heavy atom. The summed E-state index contributed by atoms with van der Waals surface area (Å²) in [6, 6.07) is 5.71. The summed E-state index contributed by atoms with van der Waals surface area (Å²) in [5.41, 5.74) is 3.33. The van der Waals surface area contributed by atoms with Gasteiger partial charge in [0.1, 0.15) is 11.5 Å². The molecule has 0 radical (unpaired) electrons. The SMILES string of the molecule is CCOc1cc(N2CCOCC2)c(OCC)cc1NC(=O)CSc1nc2nc(C)cc(C)n2n1. The lowest BCUT2D eigenvalue weighted by Crippen LogP contribution is -2.36. The molecule has 1 fully saturated rings. The molecule has 0 unspecified atom stereocenters. The van der Waals surface area contributed by atoms with Crippen molar-refractivity contribution in [2.45, 2.75) is 32.9 Å². The Hall–Kier alpha value is -3.05. The van der Waals surface area contributed by atoms with E-state index in [1.807, 2.05) is 45.9 Å². The maximum absolute atomic E-state index is 12.8. The number of ether oxygens (including phenoxy) is 3. The maximum Gasteiger partial charge on any atom is 0.253 e. The molecule has 1 aromatic carbocycles. The molecule has 1 saturated heterocycles. The zero-order valence-electron chi connectivity index (χ0n) is 20.0. The average Bonchev–Trinajstić information content (AvgIpc) is 3.23. The fourth-order valence-corrected chi connectivity index (χ4v) is 4.39. The van der Waals surface area contributed by atoms with Crippen LogP contribution in [0.3, 0.4) is 0 Å². The topological polar surface area (TPSA) is 103 Å². The number of carbonyl (C=O) groups excluding carboxylic acids is 1. The first-order valence-corrected chi connectivity index (χ1v) is 12.4. The Kier molecular flexibility index (Phi) is 7.73. The van der Waals surface area contributed by atoms with E-state index in [-0.39, 0.29) is 11.7 Å². The molecule has 1 aliphatic rings. The zero-order valence-corrected chi connectivity index (χ0v) is 20.8. The molecule has 1 amide bonds. The third-order valence-electron chi connectivity index (χ3n) is 5.22. The minimum absolute atomic E-state index is 0.148. The van der Waals surface area contributed by atoms with Crippen molar-refractivity contribution < 1.29 is 19.0 Å². The number of amides is 1. The quantitative estimate of drug-likeness (QED) is 0.457. The first kappa shape index (κ1) is 24.1. The first-order chi connectivity index (χ1) is 16.5. The highest BCUT2D eigenvalue weighted by Crippen LogP contribution is 2.39. The third kappa shape index (κ3) is 5.53. The molecular weight excluding hydrogens is 456 g/mol. The fraction of sp³-hybridized carbons (Fsp3) is 0.478. The van der Waals surface area contributed by atoms with Crippen LogP contribution in [0.15, 0.2) is 23.4 Å². The van der Waals surface area contributed by atoms with E-state index in [2.05, 4.69) is 25.3 Å². The minimum atomic E-state index is -0.188. The van der Waals surface area contributed by atoms with Gasteiger partial charge in [-0.15, -0.1) is 5.10 Å². The van der Waals surface area contributed by atoms with Crippen LogP contribution >= 0.6 is 11.8 Å². The molecular formula is C23H30N6O4S. The van der Waals surface area contributed by atoms with E-state index in [0.717, 1.165) is 30.2 Å². The van der Waals surface area contributed by atoms with Gasteiger partial charge in [-0.1, -0.05) is 11.8 Å². The van der Waals surface area contributed by atoms with Crippen LogP contribution < -0.4 is 19.7 Å². The lowest BCUT2D eigenvalue weighted by atomic mass is 10.2. The predicted octanol–water partition coefficient (Wildman–Crippen LogP) is 3.11. The van der Waals surface area contributed by atoms with E-state index in [4.69, 9.17) is 14.2 Å². The van der Waals surface area contributed by atoms with Crippen molar-refractivity contribution in [1.29, 1.82) is 0 Å². The summed E-state index contributed by atoms with van der Waals surface area (Å²) in [5, 5.41) is 7.91. The summed E-state index contributed by atoms with van der Waals surface area (Å²) in [4.78, 5) is 23.8. The number of nitrogens with zero attached hydrogens (tertiary/aromatic N) is 5. The number of hydrogen-bond acceptors (Lipinski definition) is 9. The molecule has 10 nitrogen and oxygen atoms in total. The number of anilines is 2. The van der Waals surface area contributed by atoms with Gasteiger partial charge in [0.15, 0.2) is 0 Å². The molecule has 1 aliphatic heterocycles. The van der Waals surface area contributed by atoms with E-state index in [9.17, 15) is 4.79 Å². The number of aromatic nitrogens is 4. The Labute approximate surface area is 203 Å². The summed E-state index contributed by atoms with van der Waals surface area (Å²) in [5.74, 6) is 1.79. The summed E-state index contributed by atoms with van der Waals surface area (Å²) in [6.07, 6.45) is 0. The van der Waals surface area contributed by atoms with Crippen molar-refractivity contribution >= 4 is 34.8 Å². The number of benzene rings is 1. The number of hydrogen-bond donors (Lipinski definition) is 1. The second kappa shape index (κ2) is 10.9. The van der Waals surface area contributed by atoms with Gasteiger partial charge in [-0.3, -0.25) is 4.79 Å². The van der Waals surface area contributed by atoms with Gasteiger partial charge in [0.25, 0.3) is 5.78 Å². The molecule has 0 bridgehead atoms. The fourth-order valence-electron chi connectivity index (χ4n) is 3.77. The van der Waals surface area contributed by atoms with Crippen molar-refractivity contribution in [2.24, 2.45) is 0 Å². The van der Waals surface area contributed by atoms with Gasteiger partial charge in [-0.05, 0) is 33.8 Å². The monoisotopic (exact) mass is 486 g/mol. The van der Waals surface area contributed by atoms with Gasteiger partial charge >= 0.3 is 0 Å². The lowest BCUT2D eigenvalue weighted by Gasteiger charge is -2.31. The van der Waals surface area contributed by atoms with E-state index in [1.165, 1.54) is 11.8 Å². The summed E-state index contributed by atoms with van der Waals surface area (Å²) >= 11 is 1.26. The van der Waals surface area contributed by atoms with Crippen LogP contribution in [-0.2, 0) is 9.53 Å². The van der Waals surface area contributed by atoms with E-state index >= 15 is 0 Å². The van der Waals surface area contributed by atoms with Gasteiger partial charge in [-0.25, -0.2) is 9.50 Å².